The zero-order valence-electron chi connectivity index (χ0n) is 16.7. The average Bonchev–Trinajstić information content (AvgIpc) is 3.22. The quantitative estimate of drug-likeness (QED) is 0.392. The highest BCUT2D eigenvalue weighted by Crippen LogP contribution is 2.24. The van der Waals surface area contributed by atoms with Crippen LogP contribution in [-0.4, -0.2) is 39.8 Å². The van der Waals surface area contributed by atoms with E-state index >= 15 is 0 Å². The van der Waals surface area contributed by atoms with Gasteiger partial charge in [-0.25, -0.2) is 9.69 Å². The van der Waals surface area contributed by atoms with E-state index in [0.29, 0.717) is 16.3 Å². The van der Waals surface area contributed by atoms with E-state index in [1.807, 2.05) is 24.3 Å². The SMILES string of the molecule is NC(=O)Cn1cc(/C=C2\NC(=O)N(CC(=O)Nc3ccc(Cl)cc3)C2=O)c2ccccc21. The Balaban J connectivity index is 1.54. The van der Waals surface area contributed by atoms with Crippen LogP contribution in [0.4, 0.5) is 10.5 Å². The number of benzene rings is 2. The fraction of sp³-hybridized carbons (Fsp3) is 0.0909. The summed E-state index contributed by atoms with van der Waals surface area (Å²) in [6.07, 6.45) is 3.19. The predicted octanol–water partition coefficient (Wildman–Crippen LogP) is 2.31. The Labute approximate surface area is 187 Å². The van der Waals surface area contributed by atoms with Gasteiger partial charge in [0.1, 0.15) is 18.8 Å². The lowest BCUT2D eigenvalue weighted by Gasteiger charge is -2.11. The van der Waals surface area contributed by atoms with E-state index < -0.39 is 30.3 Å². The molecular weight excluding hydrogens is 434 g/mol. The Morgan fingerprint density at radius 2 is 1.78 bits per heavy atom. The van der Waals surface area contributed by atoms with Crippen LogP contribution in [0.1, 0.15) is 5.56 Å². The lowest BCUT2D eigenvalue weighted by atomic mass is 10.1. The number of carbonyl (C=O) groups is 4. The van der Waals surface area contributed by atoms with Crippen molar-refractivity contribution in [3.8, 4) is 0 Å². The number of anilines is 1. The van der Waals surface area contributed by atoms with Crippen molar-refractivity contribution in [1.82, 2.24) is 14.8 Å². The zero-order chi connectivity index (χ0) is 22.8. The van der Waals surface area contributed by atoms with Gasteiger partial charge in [-0.05, 0) is 36.4 Å². The maximum atomic E-state index is 12.8. The second kappa shape index (κ2) is 8.56. The van der Waals surface area contributed by atoms with Gasteiger partial charge in [-0.15, -0.1) is 0 Å². The van der Waals surface area contributed by atoms with Crippen molar-refractivity contribution >= 4 is 58.0 Å². The third-order valence-corrected chi connectivity index (χ3v) is 5.09. The van der Waals surface area contributed by atoms with Crippen LogP contribution >= 0.6 is 11.6 Å². The van der Waals surface area contributed by atoms with Gasteiger partial charge in [0.15, 0.2) is 0 Å². The number of halogens is 1. The van der Waals surface area contributed by atoms with Crippen LogP contribution in [0.2, 0.25) is 5.02 Å². The summed E-state index contributed by atoms with van der Waals surface area (Å²) in [6, 6.07) is 13.0. The molecule has 4 rings (SSSR count). The third kappa shape index (κ3) is 4.33. The minimum atomic E-state index is -0.701. The number of nitrogens with zero attached hydrogens (tertiary/aromatic N) is 2. The molecule has 1 aromatic heterocycles. The number of rotatable bonds is 6. The van der Waals surface area contributed by atoms with Gasteiger partial charge in [-0.1, -0.05) is 29.8 Å². The molecule has 0 radical (unpaired) electrons. The molecule has 162 valence electrons. The summed E-state index contributed by atoms with van der Waals surface area (Å²) >= 11 is 5.82. The molecule has 0 atom stereocenters. The summed E-state index contributed by atoms with van der Waals surface area (Å²) in [5, 5.41) is 6.40. The molecule has 10 heteroatoms. The number of aromatic nitrogens is 1. The molecule has 1 aliphatic rings. The first-order valence-corrected chi connectivity index (χ1v) is 9.96. The summed E-state index contributed by atoms with van der Waals surface area (Å²) in [6.45, 7) is -0.477. The molecule has 0 aliphatic carbocycles. The number of carbonyl (C=O) groups excluding carboxylic acids is 4. The number of nitrogens with one attached hydrogen (secondary N) is 2. The fourth-order valence-electron chi connectivity index (χ4n) is 3.44. The van der Waals surface area contributed by atoms with Gasteiger partial charge in [0, 0.05) is 33.4 Å². The highest BCUT2D eigenvalue weighted by Gasteiger charge is 2.35. The number of amides is 5. The maximum Gasteiger partial charge on any atom is 0.329 e. The molecule has 0 unspecified atom stereocenters. The van der Waals surface area contributed by atoms with Crippen molar-refractivity contribution < 1.29 is 19.2 Å². The molecule has 2 aromatic carbocycles. The highest BCUT2D eigenvalue weighted by atomic mass is 35.5. The second-order valence-electron chi connectivity index (χ2n) is 7.13. The van der Waals surface area contributed by atoms with Crippen molar-refractivity contribution in [2.45, 2.75) is 6.54 Å². The highest BCUT2D eigenvalue weighted by molar-refractivity contribution is 6.30. The first-order chi connectivity index (χ1) is 15.3. The van der Waals surface area contributed by atoms with Gasteiger partial charge in [-0.3, -0.25) is 14.4 Å². The summed E-state index contributed by atoms with van der Waals surface area (Å²) in [5.41, 5.74) is 7.21. The van der Waals surface area contributed by atoms with Crippen LogP contribution in [-0.2, 0) is 20.9 Å². The Hall–Kier alpha value is -4.11. The Kier molecular flexibility index (Phi) is 5.65. The molecule has 2 heterocycles. The van der Waals surface area contributed by atoms with Crippen LogP contribution in [0.3, 0.4) is 0 Å². The van der Waals surface area contributed by atoms with E-state index in [0.717, 1.165) is 15.8 Å². The first-order valence-electron chi connectivity index (χ1n) is 9.58. The van der Waals surface area contributed by atoms with E-state index in [2.05, 4.69) is 10.6 Å². The molecule has 32 heavy (non-hydrogen) atoms. The van der Waals surface area contributed by atoms with Crippen LogP contribution in [0.25, 0.3) is 17.0 Å². The number of nitrogens with two attached hydrogens (primary N) is 1. The second-order valence-corrected chi connectivity index (χ2v) is 7.57. The first kappa shape index (κ1) is 21.1. The van der Waals surface area contributed by atoms with Gasteiger partial charge in [0.05, 0.1) is 0 Å². The molecule has 1 aliphatic heterocycles. The molecule has 1 saturated heterocycles. The van der Waals surface area contributed by atoms with E-state index in [9.17, 15) is 19.2 Å². The minimum absolute atomic E-state index is 0.0243. The smallest absolute Gasteiger partial charge is 0.329 e. The maximum absolute atomic E-state index is 12.8. The number of hydrogen-bond donors (Lipinski definition) is 3. The third-order valence-electron chi connectivity index (χ3n) is 4.84. The molecule has 3 aromatic rings. The van der Waals surface area contributed by atoms with Crippen molar-refractivity contribution in [2.75, 3.05) is 11.9 Å². The number of para-hydroxylation sites is 1. The lowest BCUT2D eigenvalue weighted by Crippen LogP contribution is -2.38. The van der Waals surface area contributed by atoms with Crippen LogP contribution < -0.4 is 16.4 Å². The zero-order valence-corrected chi connectivity index (χ0v) is 17.4. The van der Waals surface area contributed by atoms with Crippen LogP contribution in [0.5, 0.6) is 0 Å². The summed E-state index contributed by atoms with van der Waals surface area (Å²) in [5.74, 6) is -1.67. The van der Waals surface area contributed by atoms with E-state index in [4.69, 9.17) is 17.3 Å². The molecular formula is C22H18ClN5O4. The van der Waals surface area contributed by atoms with E-state index in [1.165, 1.54) is 6.08 Å². The van der Waals surface area contributed by atoms with Gasteiger partial charge in [-0.2, -0.15) is 0 Å². The molecule has 1 fully saturated rings. The molecule has 0 spiro atoms. The number of urea groups is 1. The monoisotopic (exact) mass is 451 g/mol. The predicted molar refractivity (Wildman–Crippen MR) is 119 cm³/mol. The largest absolute Gasteiger partial charge is 0.368 e. The minimum Gasteiger partial charge on any atom is -0.368 e. The normalized spacial score (nSPS) is 14.8. The van der Waals surface area contributed by atoms with Crippen LogP contribution in [0, 0.1) is 0 Å². The molecule has 5 amide bonds. The van der Waals surface area contributed by atoms with Gasteiger partial charge in [0.25, 0.3) is 5.91 Å². The molecule has 0 saturated carbocycles. The fourth-order valence-corrected chi connectivity index (χ4v) is 3.56. The number of hydrogen-bond acceptors (Lipinski definition) is 4. The van der Waals surface area contributed by atoms with Crippen molar-refractivity contribution in [1.29, 1.82) is 0 Å². The number of imide groups is 1. The van der Waals surface area contributed by atoms with Gasteiger partial charge < -0.3 is 20.9 Å². The van der Waals surface area contributed by atoms with E-state index in [1.54, 1.807) is 35.0 Å². The average molecular weight is 452 g/mol. The van der Waals surface area contributed by atoms with Crippen molar-refractivity contribution in [2.24, 2.45) is 5.73 Å². The number of primary amides is 1. The van der Waals surface area contributed by atoms with Gasteiger partial charge in [0.2, 0.25) is 11.8 Å². The van der Waals surface area contributed by atoms with Crippen LogP contribution in [0.15, 0.2) is 60.4 Å². The Morgan fingerprint density at radius 1 is 1.06 bits per heavy atom. The summed E-state index contributed by atoms with van der Waals surface area (Å²) < 4.78 is 1.67. The van der Waals surface area contributed by atoms with E-state index in [-0.39, 0.29) is 12.2 Å². The van der Waals surface area contributed by atoms with Crippen molar-refractivity contribution in [3.63, 3.8) is 0 Å². The standard InChI is InChI=1S/C22H18ClN5O4/c23-14-5-7-15(8-6-14)25-20(30)12-28-21(31)17(26-22(28)32)9-13-10-27(11-19(24)29)18-4-2-1-3-16(13)18/h1-10H,11-12H2,(H2,24,29)(H,25,30)(H,26,32)/b17-9-. The molecule has 4 N–H and O–H groups in total. The summed E-state index contributed by atoms with van der Waals surface area (Å²) in [7, 11) is 0. The Bertz CT molecular complexity index is 1280. The molecule has 9 nitrogen and oxygen atoms in total. The lowest BCUT2D eigenvalue weighted by molar-refractivity contribution is -0.127. The topological polar surface area (TPSA) is 127 Å². The summed E-state index contributed by atoms with van der Waals surface area (Å²) in [4.78, 5) is 49.6. The molecule has 0 bridgehead atoms. The van der Waals surface area contributed by atoms with Crippen molar-refractivity contribution in [3.05, 3.63) is 71.0 Å². The number of fused-ring (bicyclic) bond motifs is 1. The Morgan fingerprint density at radius 3 is 2.50 bits per heavy atom. The van der Waals surface area contributed by atoms with Gasteiger partial charge >= 0.3 is 6.03 Å².